The van der Waals surface area contributed by atoms with Crippen LogP contribution in [-0.4, -0.2) is 22.6 Å². The molecule has 3 rings (SSSR count). The summed E-state index contributed by atoms with van der Waals surface area (Å²) in [7, 11) is 0. The van der Waals surface area contributed by atoms with Gasteiger partial charge in [-0.25, -0.2) is 4.98 Å². The fourth-order valence-electron chi connectivity index (χ4n) is 2.44. The molecule has 2 heterocycles. The molecule has 1 aliphatic rings. The van der Waals surface area contributed by atoms with Gasteiger partial charge in [0.25, 0.3) is 0 Å². The van der Waals surface area contributed by atoms with E-state index in [2.05, 4.69) is 15.3 Å². The molecule has 2 aromatic rings. The first-order valence-electron chi connectivity index (χ1n) is 6.45. The average molecular weight is 296 g/mol. The van der Waals surface area contributed by atoms with Crippen molar-refractivity contribution >= 4 is 23.2 Å². The lowest BCUT2D eigenvalue weighted by Gasteiger charge is -2.06. The van der Waals surface area contributed by atoms with Crippen molar-refractivity contribution in [1.29, 1.82) is 0 Å². The summed E-state index contributed by atoms with van der Waals surface area (Å²) < 4.78 is 0. The van der Waals surface area contributed by atoms with E-state index in [9.17, 15) is 0 Å². The van der Waals surface area contributed by atoms with Gasteiger partial charge in [-0.3, -0.25) is 0 Å². The second-order valence-electron chi connectivity index (χ2n) is 4.87. The number of imidazole rings is 1. The Kier molecular flexibility index (Phi) is 3.78. The number of hydrogen-bond acceptors (Lipinski definition) is 2. The second-order valence-corrected chi connectivity index (χ2v) is 5.68. The van der Waals surface area contributed by atoms with Gasteiger partial charge < -0.3 is 10.3 Å². The molecular weight excluding hydrogens is 281 g/mol. The molecule has 0 bridgehead atoms. The van der Waals surface area contributed by atoms with E-state index >= 15 is 0 Å². The number of aromatic amines is 1. The zero-order valence-corrected chi connectivity index (χ0v) is 11.9. The fourth-order valence-corrected chi connectivity index (χ4v) is 2.74. The van der Waals surface area contributed by atoms with Gasteiger partial charge in [-0.15, -0.1) is 0 Å². The summed E-state index contributed by atoms with van der Waals surface area (Å²) in [6, 6.07) is 6.15. The van der Waals surface area contributed by atoms with Crippen LogP contribution in [0.1, 0.15) is 18.7 Å². The molecule has 1 atom stereocenters. The van der Waals surface area contributed by atoms with Gasteiger partial charge in [-0.05, 0) is 31.5 Å². The smallest absolute Gasteiger partial charge is 0.108 e. The van der Waals surface area contributed by atoms with Crippen LogP contribution in [0, 0.1) is 0 Å². The van der Waals surface area contributed by atoms with E-state index in [1.165, 1.54) is 12.8 Å². The maximum absolute atomic E-state index is 6.03. The third-order valence-corrected chi connectivity index (χ3v) is 4.20. The van der Waals surface area contributed by atoms with E-state index < -0.39 is 0 Å². The van der Waals surface area contributed by atoms with Crippen molar-refractivity contribution in [3.05, 3.63) is 40.3 Å². The number of hydrogen-bond donors (Lipinski definition) is 2. The maximum atomic E-state index is 6.03. The number of rotatable bonds is 3. The van der Waals surface area contributed by atoms with Crippen molar-refractivity contribution < 1.29 is 0 Å². The Bertz CT molecular complexity index is 574. The Labute approximate surface area is 122 Å². The molecule has 0 aliphatic carbocycles. The third-order valence-electron chi connectivity index (χ3n) is 3.46. The molecular formula is C14H15Cl2N3. The second kappa shape index (κ2) is 5.53. The topological polar surface area (TPSA) is 40.7 Å². The summed E-state index contributed by atoms with van der Waals surface area (Å²) in [5.74, 6) is 1.01. The highest BCUT2D eigenvalue weighted by Crippen LogP contribution is 2.27. The minimum absolute atomic E-state index is 0.549. The molecule has 19 heavy (non-hydrogen) atoms. The summed E-state index contributed by atoms with van der Waals surface area (Å²) in [4.78, 5) is 7.79. The Balaban J connectivity index is 1.78. The lowest BCUT2D eigenvalue weighted by molar-refractivity contribution is 0.589. The van der Waals surface area contributed by atoms with E-state index in [1.807, 2.05) is 18.3 Å². The minimum Gasteiger partial charge on any atom is -0.342 e. The fraction of sp³-hybridized carbons (Fsp3) is 0.357. The van der Waals surface area contributed by atoms with Gasteiger partial charge in [0, 0.05) is 18.0 Å². The van der Waals surface area contributed by atoms with Crippen molar-refractivity contribution in [2.45, 2.75) is 25.3 Å². The molecule has 1 aromatic carbocycles. The summed E-state index contributed by atoms with van der Waals surface area (Å²) in [5, 5.41) is 4.60. The van der Waals surface area contributed by atoms with E-state index in [1.54, 1.807) is 6.07 Å². The van der Waals surface area contributed by atoms with Crippen molar-refractivity contribution in [2.75, 3.05) is 6.54 Å². The van der Waals surface area contributed by atoms with Crippen molar-refractivity contribution in [2.24, 2.45) is 0 Å². The van der Waals surface area contributed by atoms with Crippen molar-refractivity contribution in [1.82, 2.24) is 15.3 Å². The van der Waals surface area contributed by atoms with Gasteiger partial charge in [-0.2, -0.15) is 0 Å². The normalized spacial score (nSPS) is 18.9. The molecule has 1 fully saturated rings. The van der Waals surface area contributed by atoms with Gasteiger partial charge >= 0.3 is 0 Å². The molecule has 1 unspecified atom stereocenters. The van der Waals surface area contributed by atoms with Crippen molar-refractivity contribution in [3.8, 4) is 11.3 Å². The Morgan fingerprint density at radius 1 is 1.26 bits per heavy atom. The summed E-state index contributed by atoms with van der Waals surface area (Å²) >= 11 is 12.0. The Hall–Kier alpha value is -1.03. The third kappa shape index (κ3) is 2.94. The van der Waals surface area contributed by atoms with Gasteiger partial charge in [0.1, 0.15) is 5.82 Å². The van der Waals surface area contributed by atoms with E-state index in [-0.39, 0.29) is 0 Å². The molecule has 1 saturated heterocycles. The number of H-pyrrole nitrogens is 1. The van der Waals surface area contributed by atoms with Crippen LogP contribution < -0.4 is 5.32 Å². The first-order valence-corrected chi connectivity index (χ1v) is 7.20. The monoisotopic (exact) mass is 295 g/mol. The standard InChI is InChI=1S/C14H15Cl2N3/c15-11-4-3-9(6-12(11)16)13-8-18-14(19-13)7-10-2-1-5-17-10/h3-4,6,8,10,17H,1-2,5,7H2,(H,18,19). The van der Waals surface area contributed by atoms with Gasteiger partial charge in [-0.1, -0.05) is 29.3 Å². The van der Waals surface area contributed by atoms with Crippen LogP contribution in [0.2, 0.25) is 10.0 Å². The van der Waals surface area contributed by atoms with Crippen LogP contribution in [0.5, 0.6) is 0 Å². The van der Waals surface area contributed by atoms with Crippen LogP contribution in [0.4, 0.5) is 0 Å². The highest BCUT2D eigenvalue weighted by molar-refractivity contribution is 6.42. The van der Waals surface area contributed by atoms with E-state index in [0.29, 0.717) is 16.1 Å². The lowest BCUT2D eigenvalue weighted by Crippen LogP contribution is -2.24. The molecule has 0 saturated carbocycles. The minimum atomic E-state index is 0.549. The van der Waals surface area contributed by atoms with E-state index in [4.69, 9.17) is 23.2 Å². The molecule has 2 N–H and O–H groups in total. The van der Waals surface area contributed by atoms with E-state index in [0.717, 1.165) is 30.0 Å². The van der Waals surface area contributed by atoms with Gasteiger partial charge in [0.05, 0.1) is 21.9 Å². The largest absolute Gasteiger partial charge is 0.342 e. The Morgan fingerprint density at radius 3 is 2.89 bits per heavy atom. The summed E-state index contributed by atoms with van der Waals surface area (Å²) in [5.41, 5.74) is 1.99. The van der Waals surface area contributed by atoms with Gasteiger partial charge in [0.15, 0.2) is 0 Å². The molecule has 1 aromatic heterocycles. The molecule has 1 aliphatic heterocycles. The number of halogens is 2. The average Bonchev–Trinajstić information content (AvgIpc) is 3.05. The molecule has 5 heteroatoms. The summed E-state index contributed by atoms with van der Waals surface area (Å²) in [6.07, 6.45) is 5.28. The SMILES string of the molecule is Clc1ccc(-c2cnc(CC3CCCN3)[nH]2)cc1Cl. The molecule has 0 radical (unpaired) electrons. The van der Waals surface area contributed by atoms with Crippen LogP contribution in [0.3, 0.4) is 0 Å². The number of benzene rings is 1. The molecule has 3 nitrogen and oxygen atoms in total. The predicted molar refractivity (Wildman–Crippen MR) is 78.8 cm³/mol. The summed E-state index contributed by atoms with van der Waals surface area (Å²) in [6.45, 7) is 1.12. The molecule has 0 spiro atoms. The maximum Gasteiger partial charge on any atom is 0.108 e. The number of nitrogens with zero attached hydrogens (tertiary/aromatic N) is 1. The first kappa shape index (κ1) is 13.0. The van der Waals surface area contributed by atoms with Crippen LogP contribution in [0.15, 0.2) is 24.4 Å². The quantitative estimate of drug-likeness (QED) is 0.907. The number of nitrogens with one attached hydrogen (secondary N) is 2. The van der Waals surface area contributed by atoms with Crippen LogP contribution >= 0.6 is 23.2 Å². The lowest BCUT2D eigenvalue weighted by atomic mass is 10.1. The zero-order chi connectivity index (χ0) is 13.2. The van der Waals surface area contributed by atoms with Gasteiger partial charge in [0.2, 0.25) is 0 Å². The Morgan fingerprint density at radius 2 is 2.16 bits per heavy atom. The highest BCUT2D eigenvalue weighted by Gasteiger charge is 2.16. The highest BCUT2D eigenvalue weighted by atomic mass is 35.5. The van der Waals surface area contributed by atoms with Crippen LogP contribution in [-0.2, 0) is 6.42 Å². The molecule has 0 amide bonds. The number of aromatic nitrogens is 2. The first-order chi connectivity index (χ1) is 9.22. The zero-order valence-electron chi connectivity index (χ0n) is 10.4. The van der Waals surface area contributed by atoms with Crippen molar-refractivity contribution in [3.63, 3.8) is 0 Å². The molecule has 100 valence electrons. The predicted octanol–water partition coefficient (Wildman–Crippen LogP) is 3.68. The van der Waals surface area contributed by atoms with Crippen LogP contribution in [0.25, 0.3) is 11.3 Å².